The number of carbonyl (C=O) groups is 1. The third-order valence-corrected chi connectivity index (χ3v) is 4.42. The fourth-order valence-corrected chi connectivity index (χ4v) is 3.17. The summed E-state index contributed by atoms with van der Waals surface area (Å²) in [7, 11) is 0. The summed E-state index contributed by atoms with van der Waals surface area (Å²) in [6.07, 6.45) is 4.69. The van der Waals surface area contributed by atoms with Crippen molar-refractivity contribution in [2.75, 3.05) is 0 Å². The first-order valence-corrected chi connectivity index (χ1v) is 7.60. The fourth-order valence-electron chi connectivity index (χ4n) is 3.17. The summed E-state index contributed by atoms with van der Waals surface area (Å²) < 4.78 is 5.19. The first-order valence-electron chi connectivity index (χ1n) is 7.60. The Morgan fingerprint density at radius 1 is 1.33 bits per heavy atom. The lowest BCUT2D eigenvalue weighted by Crippen LogP contribution is -2.41. The van der Waals surface area contributed by atoms with E-state index in [-0.39, 0.29) is 11.9 Å². The van der Waals surface area contributed by atoms with E-state index in [1.807, 2.05) is 19.9 Å². The molecule has 3 rings (SSSR count). The molecule has 0 aromatic carbocycles. The van der Waals surface area contributed by atoms with Crippen LogP contribution >= 0.6 is 0 Å². The summed E-state index contributed by atoms with van der Waals surface area (Å²) in [6, 6.07) is 2.07. The van der Waals surface area contributed by atoms with Crippen LogP contribution in [0.5, 0.6) is 0 Å². The first kappa shape index (κ1) is 14.0. The van der Waals surface area contributed by atoms with Crippen molar-refractivity contribution >= 4 is 17.0 Å². The average Bonchev–Trinajstić information content (AvgIpc) is 2.82. The summed E-state index contributed by atoms with van der Waals surface area (Å²) in [6.45, 7) is 5.91. The van der Waals surface area contributed by atoms with Gasteiger partial charge >= 0.3 is 0 Å². The van der Waals surface area contributed by atoms with Gasteiger partial charge in [0.15, 0.2) is 0 Å². The van der Waals surface area contributed by atoms with Crippen molar-refractivity contribution in [2.24, 2.45) is 5.92 Å². The van der Waals surface area contributed by atoms with Crippen LogP contribution in [-0.2, 0) is 0 Å². The molecule has 2 aromatic heterocycles. The molecule has 2 atom stereocenters. The molecular weight excluding hydrogens is 266 g/mol. The van der Waals surface area contributed by atoms with Gasteiger partial charge in [-0.2, -0.15) is 0 Å². The van der Waals surface area contributed by atoms with E-state index in [1.165, 1.54) is 19.3 Å². The molecule has 2 heterocycles. The summed E-state index contributed by atoms with van der Waals surface area (Å²) in [5.74, 6) is 0.486. The summed E-state index contributed by atoms with van der Waals surface area (Å²) >= 11 is 0. The Hall–Kier alpha value is -1.91. The van der Waals surface area contributed by atoms with Crippen LogP contribution in [0.2, 0.25) is 0 Å². The molecule has 1 aliphatic carbocycles. The van der Waals surface area contributed by atoms with Gasteiger partial charge in [0.2, 0.25) is 0 Å². The lowest BCUT2D eigenvalue weighted by atomic mass is 9.86. The number of nitrogens with zero attached hydrogens (tertiary/aromatic N) is 2. The van der Waals surface area contributed by atoms with Gasteiger partial charge in [0.1, 0.15) is 0 Å². The van der Waals surface area contributed by atoms with Crippen LogP contribution in [0.4, 0.5) is 0 Å². The molecule has 0 bridgehead atoms. The lowest BCUT2D eigenvalue weighted by molar-refractivity contribution is 0.0911. The maximum absolute atomic E-state index is 12.7. The Balaban J connectivity index is 1.92. The quantitative estimate of drug-likeness (QED) is 0.921. The van der Waals surface area contributed by atoms with Gasteiger partial charge in [-0.05, 0) is 38.7 Å². The van der Waals surface area contributed by atoms with E-state index in [4.69, 9.17) is 4.52 Å². The van der Waals surface area contributed by atoms with Gasteiger partial charge in [-0.1, -0.05) is 24.9 Å². The largest absolute Gasteiger partial charge is 0.349 e. The van der Waals surface area contributed by atoms with Crippen LogP contribution in [-0.4, -0.2) is 22.1 Å². The number of aromatic nitrogens is 2. The van der Waals surface area contributed by atoms with E-state index in [2.05, 4.69) is 22.4 Å². The molecule has 1 fully saturated rings. The molecule has 112 valence electrons. The maximum atomic E-state index is 12.7. The maximum Gasteiger partial charge on any atom is 0.258 e. The molecule has 5 heteroatoms. The standard InChI is InChI=1S/C16H21N3O2/c1-9-6-4-5-7-13(9)18-15(20)12-8-10(2)17-16-14(12)11(3)19-21-16/h8-9,13H,4-7H2,1-3H3,(H,18,20). The van der Waals surface area contributed by atoms with Crippen molar-refractivity contribution in [3.8, 4) is 0 Å². The molecule has 2 unspecified atom stereocenters. The van der Waals surface area contributed by atoms with Gasteiger partial charge in [-0.15, -0.1) is 0 Å². The summed E-state index contributed by atoms with van der Waals surface area (Å²) in [4.78, 5) is 17.0. The Morgan fingerprint density at radius 2 is 2.10 bits per heavy atom. The van der Waals surface area contributed by atoms with Crippen molar-refractivity contribution < 1.29 is 9.32 Å². The third-order valence-electron chi connectivity index (χ3n) is 4.42. The van der Waals surface area contributed by atoms with E-state index < -0.39 is 0 Å². The number of rotatable bonds is 2. The zero-order chi connectivity index (χ0) is 15.0. The van der Waals surface area contributed by atoms with Crippen LogP contribution in [0.15, 0.2) is 10.6 Å². The van der Waals surface area contributed by atoms with Crippen molar-refractivity contribution in [1.82, 2.24) is 15.5 Å². The monoisotopic (exact) mass is 287 g/mol. The predicted octanol–water partition coefficient (Wildman–Crippen LogP) is 3.15. The highest BCUT2D eigenvalue weighted by atomic mass is 16.5. The number of carbonyl (C=O) groups excluding carboxylic acids is 1. The number of amides is 1. The van der Waals surface area contributed by atoms with E-state index in [9.17, 15) is 4.79 Å². The van der Waals surface area contributed by atoms with E-state index >= 15 is 0 Å². The number of pyridine rings is 1. The molecule has 0 radical (unpaired) electrons. The van der Waals surface area contributed by atoms with Gasteiger partial charge < -0.3 is 9.84 Å². The van der Waals surface area contributed by atoms with E-state index in [1.54, 1.807) is 0 Å². The second-order valence-corrected chi connectivity index (χ2v) is 6.10. The Morgan fingerprint density at radius 3 is 2.86 bits per heavy atom. The summed E-state index contributed by atoms with van der Waals surface area (Å²) in [5.41, 5.74) is 2.53. The molecule has 0 spiro atoms. The van der Waals surface area contributed by atoms with Crippen LogP contribution in [0.25, 0.3) is 11.1 Å². The van der Waals surface area contributed by atoms with Gasteiger partial charge in [0.05, 0.1) is 16.6 Å². The minimum Gasteiger partial charge on any atom is -0.349 e. The number of hydrogen-bond acceptors (Lipinski definition) is 4. The van der Waals surface area contributed by atoms with Gasteiger partial charge in [0, 0.05) is 11.7 Å². The predicted molar refractivity (Wildman–Crippen MR) is 80.2 cm³/mol. The van der Waals surface area contributed by atoms with Crippen molar-refractivity contribution in [1.29, 1.82) is 0 Å². The number of nitrogens with one attached hydrogen (secondary N) is 1. The molecule has 1 saturated carbocycles. The second-order valence-electron chi connectivity index (χ2n) is 6.10. The smallest absolute Gasteiger partial charge is 0.258 e. The topological polar surface area (TPSA) is 68.0 Å². The molecule has 0 saturated heterocycles. The zero-order valence-corrected chi connectivity index (χ0v) is 12.8. The van der Waals surface area contributed by atoms with Crippen molar-refractivity contribution in [3.05, 3.63) is 23.0 Å². The SMILES string of the molecule is Cc1cc(C(=O)NC2CCCCC2C)c2c(C)noc2n1. The summed E-state index contributed by atoms with van der Waals surface area (Å²) in [5, 5.41) is 7.83. The number of fused-ring (bicyclic) bond motifs is 1. The average molecular weight is 287 g/mol. The third kappa shape index (κ3) is 2.64. The fraction of sp³-hybridized carbons (Fsp3) is 0.562. The molecule has 5 nitrogen and oxygen atoms in total. The van der Waals surface area contributed by atoms with Crippen molar-refractivity contribution in [2.45, 2.75) is 52.5 Å². The highest BCUT2D eigenvalue weighted by Crippen LogP contribution is 2.26. The van der Waals surface area contributed by atoms with E-state index in [0.29, 0.717) is 22.9 Å². The minimum absolute atomic E-state index is 0.0458. The minimum atomic E-state index is -0.0458. The van der Waals surface area contributed by atoms with Gasteiger partial charge in [-0.3, -0.25) is 4.79 Å². The Bertz CT molecular complexity index is 677. The molecule has 1 N–H and O–H groups in total. The highest BCUT2D eigenvalue weighted by molar-refractivity contribution is 6.06. The Kier molecular flexibility index (Phi) is 3.66. The Labute approximate surface area is 124 Å². The van der Waals surface area contributed by atoms with Crippen molar-refractivity contribution in [3.63, 3.8) is 0 Å². The van der Waals surface area contributed by atoms with Gasteiger partial charge in [-0.25, -0.2) is 4.98 Å². The second kappa shape index (κ2) is 5.47. The molecule has 21 heavy (non-hydrogen) atoms. The zero-order valence-electron chi connectivity index (χ0n) is 12.8. The van der Waals surface area contributed by atoms with Crippen LogP contribution in [0.1, 0.15) is 54.4 Å². The molecule has 1 aliphatic rings. The van der Waals surface area contributed by atoms with Gasteiger partial charge in [0.25, 0.3) is 11.6 Å². The number of aryl methyl sites for hydroxylation is 2. The first-order chi connectivity index (χ1) is 10.1. The molecule has 0 aliphatic heterocycles. The molecular formula is C16H21N3O2. The highest BCUT2D eigenvalue weighted by Gasteiger charge is 2.25. The van der Waals surface area contributed by atoms with Crippen LogP contribution in [0.3, 0.4) is 0 Å². The lowest BCUT2D eigenvalue weighted by Gasteiger charge is -2.29. The normalized spacial score (nSPS) is 22.4. The van der Waals surface area contributed by atoms with Crippen LogP contribution in [0, 0.1) is 19.8 Å². The van der Waals surface area contributed by atoms with Crippen LogP contribution < -0.4 is 5.32 Å². The molecule has 2 aromatic rings. The number of hydrogen-bond donors (Lipinski definition) is 1. The van der Waals surface area contributed by atoms with E-state index in [0.717, 1.165) is 17.5 Å². The molecule has 1 amide bonds.